The van der Waals surface area contributed by atoms with Gasteiger partial charge >= 0.3 is 0 Å². The molecule has 0 saturated carbocycles. The maximum atomic E-state index is 6.15. The highest BCUT2D eigenvalue weighted by atomic mass is 28.4. The molecule has 0 unspecified atom stereocenters. The summed E-state index contributed by atoms with van der Waals surface area (Å²) in [7, 11) is -1.56. The average molecular weight is 291 g/mol. The summed E-state index contributed by atoms with van der Waals surface area (Å²) in [5.41, 5.74) is 1.41. The van der Waals surface area contributed by atoms with E-state index in [1.807, 2.05) is 0 Å². The van der Waals surface area contributed by atoms with Gasteiger partial charge in [-0.05, 0) is 43.0 Å². The second kappa shape index (κ2) is 7.80. The van der Waals surface area contributed by atoms with Crippen molar-refractivity contribution in [1.29, 1.82) is 0 Å². The third-order valence-corrected chi connectivity index (χ3v) is 8.70. The number of aryl methyl sites for hydroxylation is 1. The molecule has 0 N–H and O–H groups in total. The summed E-state index contributed by atoms with van der Waals surface area (Å²) in [6, 6.07) is 10.7. The van der Waals surface area contributed by atoms with Crippen LogP contribution >= 0.6 is 0 Å². The minimum Gasteiger partial charge on any atom is -0.417 e. The summed E-state index contributed by atoms with van der Waals surface area (Å²) in [5, 5.41) is 0.310. The van der Waals surface area contributed by atoms with E-state index in [1.165, 1.54) is 5.56 Å². The van der Waals surface area contributed by atoms with Crippen molar-refractivity contribution >= 4 is 8.32 Å². The highest BCUT2D eigenvalue weighted by molar-refractivity contribution is 6.74. The standard InChI is InChI=1S/C18H30OSi/c1-18(2,3)20(4,5)19-16-12-7-6-9-13-17-14-10-8-11-15-17/h6-8,10-11,14-15H,9,12-13,16H2,1-5H3. The molecule has 2 heteroatoms. The molecule has 20 heavy (non-hydrogen) atoms. The summed E-state index contributed by atoms with van der Waals surface area (Å²) >= 11 is 0. The molecule has 0 aliphatic heterocycles. The van der Waals surface area contributed by atoms with Crippen molar-refractivity contribution in [2.75, 3.05) is 6.61 Å². The lowest BCUT2D eigenvalue weighted by Gasteiger charge is -2.36. The number of hydrogen-bond donors (Lipinski definition) is 0. The second-order valence-electron chi connectivity index (χ2n) is 6.89. The molecule has 0 bridgehead atoms. The molecule has 1 nitrogen and oxygen atoms in total. The zero-order chi connectivity index (χ0) is 15.1. The van der Waals surface area contributed by atoms with Crippen molar-refractivity contribution in [3.05, 3.63) is 48.0 Å². The molecule has 0 amide bonds. The van der Waals surface area contributed by atoms with Crippen LogP contribution in [-0.4, -0.2) is 14.9 Å². The molecule has 0 radical (unpaired) electrons. The van der Waals surface area contributed by atoms with Crippen LogP contribution in [0.25, 0.3) is 0 Å². The lowest BCUT2D eigenvalue weighted by molar-refractivity contribution is 0.294. The van der Waals surface area contributed by atoms with E-state index in [9.17, 15) is 0 Å². The number of benzene rings is 1. The minimum atomic E-state index is -1.56. The zero-order valence-electron chi connectivity index (χ0n) is 13.8. The predicted octanol–water partition coefficient (Wildman–Crippen LogP) is 5.59. The van der Waals surface area contributed by atoms with E-state index in [4.69, 9.17) is 4.43 Å². The van der Waals surface area contributed by atoms with Crippen LogP contribution in [0.15, 0.2) is 42.5 Å². The van der Waals surface area contributed by atoms with Crippen molar-refractivity contribution in [1.82, 2.24) is 0 Å². The molecule has 1 rings (SSSR count). The SMILES string of the molecule is CC(C)(C)[Si](C)(C)OCCC=CCCc1ccccc1. The fourth-order valence-corrected chi connectivity index (χ4v) is 2.79. The Bertz CT molecular complexity index is 401. The van der Waals surface area contributed by atoms with Crippen molar-refractivity contribution in [2.24, 2.45) is 0 Å². The maximum absolute atomic E-state index is 6.15. The van der Waals surface area contributed by atoms with Gasteiger partial charge < -0.3 is 4.43 Å². The topological polar surface area (TPSA) is 9.23 Å². The van der Waals surface area contributed by atoms with Crippen LogP contribution in [0, 0.1) is 0 Å². The van der Waals surface area contributed by atoms with Crippen LogP contribution in [0.1, 0.15) is 39.2 Å². The summed E-state index contributed by atoms with van der Waals surface area (Å²) in [5.74, 6) is 0. The molecular formula is C18H30OSi. The van der Waals surface area contributed by atoms with Gasteiger partial charge in [-0.25, -0.2) is 0 Å². The zero-order valence-corrected chi connectivity index (χ0v) is 14.8. The van der Waals surface area contributed by atoms with E-state index in [0.717, 1.165) is 25.9 Å². The fraction of sp³-hybridized carbons (Fsp3) is 0.556. The van der Waals surface area contributed by atoms with E-state index in [0.29, 0.717) is 5.04 Å². The molecule has 0 aliphatic carbocycles. The Hall–Kier alpha value is -0.863. The van der Waals surface area contributed by atoms with E-state index < -0.39 is 8.32 Å². The maximum Gasteiger partial charge on any atom is 0.191 e. The van der Waals surface area contributed by atoms with Crippen molar-refractivity contribution in [3.63, 3.8) is 0 Å². The summed E-state index contributed by atoms with van der Waals surface area (Å²) in [4.78, 5) is 0. The molecular weight excluding hydrogens is 260 g/mol. The molecule has 0 atom stereocenters. The van der Waals surface area contributed by atoms with E-state index in [2.05, 4.69) is 76.3 Å². The highest BCUT2D eigenvalue weighted by Gasteiger charge is 2.36. The van der Waals surface area contributed by atoms with Gasteiger partial charge in [-0.2, -0.15) is 0 Å². The van der Waals surface area contributed by atoms with Crippen molar-refractivity contribution < 1.29 is 4.43 Å². The van der Waals surface area contributed by atoms with Gasteiger partial charge in [0.05, 0.1) is 0 Å². The molecule has 0 heterocycles. The van der Waals surface area contributed by atoms with Crippen molar-refractivity contribution in [2.45, 2.75) is 58.2 Å². The van der Waals surface area contributed by atoms with Gasteiger partial charge in [-0.1, -0.05) is 63.3 Å². The first-order chi connectivity index (χ1) is 9.33. The van der Waals surface area contributed by atoms with Crippen molar-refractivity contribution in [3.8, 4) is 0 Å². The van der Waals surface area contributed by atoms with E-state index >= 15 is 0 Å². The average Bonchev–Trinajstić information content (AvgIpc) is 2.37. The molecule has 0 spiro atoms. The Morgan fingerprint density at radius 2 is 1.60 bits per heavy atom. The Balaban J connectivity index is 2.17. The van der Waals surface area contributed by atoms with Crippen LogP contribution in [-0.2, 0) is 10.8 Å². The van der Waals surface area contributed by atoms with Gasteiger partial charge in [0.1, 0.15) is 0 Å². The lowest BCUT2D eigenvalue weighted by atomic mass is 10.1. The summed E-state index contributed by atoms with van der Waals surface area (Å²) < 4.78 is 6.15. The first-order valence-corrected chi connectivity index (χ1v) is 10.6. The van der Waals surface area contributed by atoms with Gasteiger partial charge in [0.2, 0.25) is 0 Å². The number of hydrogen-bond acceptors (Lipinski definition) is 1. The molecule has 1 aromatic carbocycles. The molecule has 0 aromatic heterocycles. The van der Waals surface area contributed by atoms with Gasteiger partial charge in [0, 0.05) is 6.61 Å². The van der Waals surface area contributed by atoms with E-state index in [1.54, 1.807) is 0 Å². The third kappa shape index (κ3) is 6.06. The molecule has 1 aromatic rings. The number of rotatable bonds is 7. The summed E-state index contributed by atoms with van der Waals surface area (Å²) in [6.07, 6.45) is 7.81. The largest absolute Gasteiger partial charge is 0.417 e. The Kier molecular flexibility index (Phi) is 6.70. The highest BCUT2D eigenvalue weighted by Crippen LogP contribution is 2.36. The first-order valence-electron chi connectivity index (χ1n) is 7.66. The van der Waals surface area contributed by atoms with Gasteiger partial charge in [0.15, 0.2) is 8.32 Å². The van der Waals surface area contributed by atoms with Gasteiger partial charge in [-0.15, -0.1) is 0 Å². The number of allylic oxidation sites excluding steroid dienone is 1. The first kappa shape index (κ1) is 17.2. The Labute approximate surface area is 126 Å². The van der Waals surface area contributed by atoms with Crippen LogP contribution < -0.4 is 0 Å². The lowest BCUT2D eigenvalue weighted by Crippen LogP contribution is -2.40. The minimum absolute atomic E-state index is 0.310. The van der Waals surface area contributed by atoms with Crippen LogP contribution in [0.4, 0.5) is 0 Å². The van der Waals surface area contributed by atoms with Gasteiger partial charge in [-0.3, -0.25) is 0 Å². The Morgan fingerprint density at radius 1 is 1.00 bits per heavy atom. The van der Waals surface area contributed by atoms with E-state index in [-0.39, 0.29) is 0 Å². The molecule has 112 valence electrons. The van der Waals surface area contributed by atoms with Gasteiger partial charge in [0.25, 0.3) is 0 Å². The van der Waals surface area contributed by atoms with Crippen LogP contribution in [0.5, 0.6) is 0 Å². The monoisotopic (exact) mass is 290 g/mol. The molecule has 0 saturated heterocycles. The fourth-order valence-electron chi connectivity index (χ4n) is 1.73. The summed E-state index contributed by atoms with van der Waals surface area (Å²) in [6.45, 7) is 12.3. The normalized spacial score (nSPS) is 13.1. The third-order valence-electron chi connectivity index (χ3n) is 4.16. The Morgan fingerprint density at radius 3 is 2.20 bits per heavy atom. The second-order valence-corrected chi connectivity index (χ2v) is 11.7. The quantitative estimate of drug-likeness (QED) is 0.361. The van der Waals surface area contributed by atoms with Crippen LogP contribution in [0.3, 0.4) is 0 Å². The van der Waals surface area contributed by atoms with Crippen LogP contribution in [0.2, 0.25) is 18.1 Å². The predicted molar refractivity (Wildman–Crippen MR) is 91.7 cm³/mol. The smallest absolute Gasteiger partial charge is 0.191 e. The molecule has 0 aliphatic rings. The molecule has 0 fully saturated rings.